The fourth-order valence-corrected chi connectivity index (χ4v) is 2.33. The molecule has 2 rings (SSSR count). The maximum atomic E-state index is 10.8. The van der Waals surface area contributed by atoms with E-state index in [1.54, 1.807) is 6.92 Å². The fourth-order valence-electron chi connectivity index (χ4n) is 1.78. The highest BCUT2D eigenvalue weighted by Gasteiger charge is 1.97. The number of carbonyl (C=O) groups excluding carboxylic acids is 1. The number of thioether (sulfide) groups is 1. The second-order valence-electron chi connectivity index (χ2n) is 4.33. The average Bonchev–Trinajstić information content (AvgIpc) is 2.45. The van der Waals surface area contributed by atoms with Gasteiger partial charge in [-0.25, -0.2) is 0 Å². The first-order valence-electron chi connectivity index (χ1n) is 6.31. The summed E-state index contributed by atoms with van der Waals surface area (Å²) in [5, 5.41) is 0.893. The number of hydrogen-bond donors (Lipinski definition) is 0. The molecule has 0 radical (unpaired) electrons. The Hall–Kier alpha value is -1.51. The summed E-state index contributed by atoms with van der Waals surface area (Å²) in [7, 11) is 0. The van der Waals surface area contributed by atoms with Crippen LogP contribution in [-0.4, -0.2) is 10.9 Å². The Bertz CT molecular complexity index is 600. The van der Waals surface area contributed by atoms with Crippen LogP contribution in [0.15, 0.2) is 54.6 Å². The van der Waals surface area contributed by atoms with Gasteiger partial charge in [-0.2, -0.15) is 0 Å². The molecule has 0 atom stereocenters. The quantitative estimate of drug-likeness (QED) is 0.762. The summed E-state index contributed by atoms with van der Waals surface area (Å²) >= 11 is 7.20. The highest BCUT2D eigenvalue weighted by molar-refractivity contribution is 8.13. The lowest BCUT2D eigenvalue weighted by Gasteiger charge is -2.02. The lowest BCUT2D eigenvalue weighted by atomic mass is 10.0. The van der Waals surface area contributed by atoms with Crippen LogP contribution in [0.2, 0.25) is 5.02 Å². The number of benzene rings is 2. The van der Waals surface area contributed by atoms with Crippen LogP contribution in [0.4, 0.5) is 0 Å². The van der Waals surface area contributed by atoms with Gasteiger partial charge in [0.15, 0.2) is 5.12 Å². The van der Waals surface area contributed by atoms with Gasteiger partial charge in [-0.15, -0.1) is 0 Å². The molecular formula is C17H15ClOS. The molecule has 0 spiro atoms. The fraction of sp³-hybridized carbons (Fsp3) is 0.118. The summed E-state index contributed by atoms with van der Waals surface area (Å²) in [6.07, 6.45) is 4.03. The molecule has 102 valence electrons. The molecule has 0 aliphatic heterocycles. The molecule has 0 heterocycles. The Morgan fingerprint density at radius 3 is 2.15 bits per heavy atom. The van der Waals surface area contributed by atoms with Crippen LogP contribution in [0, 0.1) is 0 Å². The van der Waals surface area contributed by atoms with Gasteiger partial charge in [-0.1, -0.05) is 71.9 Å². The third-order valence-electron chi connectivity index (χ3n) is 2.78. The molecule has 0 bridgehead atoms. The molecule has 0 unspecified atom stereocenters. The van der Waals surface area contributed by atoms with Crippen molar-refractivity contribution in [3.8, 4) is 11.1 Å². The Labute approximate surface area is 128 Å². The Morgan fingerprint density at radius 2 is 1.60 bits per heavy atom. The van der Waals surface area contributed by atoms with E-state index in [-0.39, 0.29) is 5.12 Å². The molecule has 1 nitrogen and oxygen atoms in total. The maximum absolute atomic E-state index is 10.8. The van der Waals surface area contributed by atoms with Crippen LogP contribution in [0.25, 0.3) is 17.2 Å². The zero-order valence-corrected chi connectivity index (χ0v) is 12.7. The minimum Gasteiger partial charge on any atom is -0.288 e. The minimum atomic E-state index is 0.146. The highest BCUT2D eigenvalue weighted by Crippen LogP contribution is 2.22. The van der Waals surface area contributed by atoms with E-state index in [9.17, 15) is 4.79 Å². The van der Waals surface area contributed by atoms with Gasteiger partial charge in [0.05, 0.1) is 0 Å². The molecule has 2 aromatic carbocycles. The van der Waals surface area contributed by atoms with E-state index in [1.165, 1.54) is 11.8 Å². The molecule has 0 aliphatic carbocycles. The van der Waals surface area contributed by atoms with E-state index in [4.69, 9.17) is 11.6 Å². The molecule has 0 aliphatic rings. The first kappa shape index (κ1) is 14.9. The zero-order valence-electron chi connectivity index (χ0n) is 11.2. The van der Waals surface area contributed by atoms with Crippen molar-refractivity contribution in [3.63, 3.8) is 0 Å². The molecule has 0 fully saturated rings. The van der Waals surface area contributed by atoms with Crippen molar-refractivity contribution >= 4 is 34.6 Å². The summed E-state index contributed by atoms with van der Waals surface area (Å²) in [5.74, 6) is 0.717. The Morgan fingerprint density at radius 1 is 1.05 bits per heavy atom. The van der Waals surface area contributed by atoms with E-state index < -0.39 is 0 Å². The number of carbonyl (C=O) groups is 1. The third-order valence-corrected chi connectivity index (χ3v) is 3.80. The van der Waals surface area contributed by atoms with Crippen molar-refractivity contribution in [2.45, 2.75) is 6.92 Å². The van der Waals surface area contributed by atoms with Crippen LogP contribution in [-0.2, 0) is 4.79 Å². The zero-order chi connectivity index (χ0) is 14.4. The first-order chi connectivity index (χ1) is 9.65. The largest absolute Gasteiger partial charge is 0.288 e. The summed E-state index contributed by atoms with van der Waals surface area (Å²) in [4.78, 5) is 10.8. The van der Waals surface area contributed by atoms with Crippen LogP contribution < -0.4 is 0 Å². The second-order valence-corrected chi connectivity index (χ2v) is 5.97. The van der Waals surface area contributed by atoms with Crippen molar-refractivity contribution in [2.75, 3.05) is 5.75 Å². The SMILES string of the molecule is CC(=O)SCC=Cc1ccc(-c2ccc(Cl)cc2)cc1. The topological polar surface area (TPSA) is 17.1 Å². The minimum absolute atomic E-state index is 0.146. The Balaban J connectivity index is 2.02. The maximum Gasteiger partial charge on any atom is 0.186 e. The normalized spacial score (nSPS) is 10.9. The number of rotatable bonds is 4. The first-order valence-corrected chi connectivity index (χ1v) is 7.67. The molecule has 0 amide bonds. The number of hydrogen-bond acceptors (Lipinski definition) is 2. The Kier molecular flexibility index (Phi) is 5.45. The van der Waals surface area contributed by atoms with E-state index in [0.29, 0.717) is 5.75 Å². The summed E-state index contributed by atoms with van der Waals surface area (Å²) in [6, 6.07) is 16.1. The molecule has 0 aromatic heterocycles. The summed E-state index contributed by atoms with van der Waals surface area (Å²) < 4.78 is 0. The molecular weight excluding hydrogens is 288 g/mol. The predicted octanol–water partition coefficient (Wildman–Crippen LogP) is 5.30. The van der Waals surface area contributed by atoms with E-state index in [0.717, 1.165) is 21.7 Å². The van der Waals surface area contributed by atoms with E-state index in [1.807, 2.05) is 36.4 Å². The lowest BCUT2D eigenvalue weighted by Crippen LogP contribution is -1.82. The lowest BCUT2D eigenvalue weighted by molar-refractivity contribution is -0.109. The van der Waals surface area contributed by atoms with E-state index in [2.05, 4.69) is 24.3 Å². The standard InChI is InChI=1S/C17H15ClOS/c1-13(19)20-12-2-3-14-4-6-15(7-5-14)16-8-10-17(18)11-9-16/h2-11H,12H2,1H3. The van der Waals surface area contributed by atoms with Crippen LogP contribution in [0.3, 0.4) is 0 Å². The van der Waals surface area contributed by atoms with Gasteiger partial charge in [-0.3, -0.25) is 4.79 Å². The third kappa shape index (κ3) is 4.55. The molecule has 3 heteroatoms. The van der Waals surface area contributed by atoms with Crippen molar-refractivity contribution < 1.29 is 4.79 Å². The van der Waals surface area contributed by atoms with Gasteiger partial charge < -0.3 is 0 Å². The van der Waals surface area contributed by atoms with Gasteiger partial charge in [0, 0.05) is 17.7 Å². The molecule has 0 saturated heterocycles. The average molecular weight is 303 g/mol. The molecule has 0 N–H and O–H groups in total. The van der Waals surface area contributed by atoms with Crippen LogP contribution in [0.5, 0.6) is 0 Å². The van der Waals surface area contributed by atoms with Crippen molar-refractivity contribution in [1.82, 2.24) is 0 Å². The van der Waals surface area contributed by atoms with Gasteiger partial charge >= 0.3 is 0 Å². The predicted molar refractivity (Wildman–Crippen MR) is 89.1 cm³/mol. The smallest absolute Gasteiger partial charge is 0.186 e. The van der Waals surface area contributed by atoms with Crippen molar-refractivity contribution in [2.24, 2.45) is 0 Å². The summed E-state index contributed by atoms with van der Waals surface area (Å²) in [6.45, 7) is 1.58. The van der Waals surface area contributed by atoms with Crippen molar-refractivity contribution in [1.29, 1.82) is 0 Å². The molecule has 0 saturated carbocycles. The van der Waals surface area contributed by atoms with Gasteiger partial charge in [0.2, 0.25) is 0 Å². The van der Waals surface area contributed by atoms with Crippen LogP contribution >= 0.6 is 23.4 Å². The van der Waals surface area contributed by atoms with Crippen LogP contribution in [0.1, 0.15) is 12.5 Å². The van der Waals surface area contributed by atoms with Gasteiger partial charge in [0.25, 0.3) is 0 Å². The van der Waals surface area contributed by atoms with Gasteiger partial charge in [0.1, 0.15) is 0 Å². The van der Waals surface area contributed by atoms with Crippen molar-refractivity contribution in [3.05, 3.63) is 65.2 Å². The molecule has 2 aromatic rings. The second kappa shape index (κ2) is 7.32. The molecule has 20 heavy (non-hydrogen) atoms. The highest BCUT2D eigenvalue weighted by atomic mass is 35.5. The summed E-state index contributed by atoms with van der Waals surface area (Å²) in [5.41, 5.74) is 3.45. The monoisotopic (exact) mass is 302 g/mol. The van der Waals surface area contributed by atoms with Gasteiger partial charge in [-0.05, 0) is 28.8 Å². The van der Waals surface area contributed by atoms with E-state index >= 15 is 0 Å². The number of halogens is 1.